The third kappa shape index (κ3) is 2.67. The molecule has 0 aliphatic carbocycles. The molecule has 0 aliphatic rings. The Hall–Kier alpha value is 0.430. The Morgan fingerprint density at radius 2 is 1.12 bits per heavy atom. The predicted octanol–water partition coefficient (Wildman–Crippen LogP) is 2.91. The zero-order valence-electron chi connectivity index (χ0n) is 6.60. The average Bonchev–Trinajstić information content (AvgIpc) is 1.64. The van der Waals surface area contributed by atoms with Gasteiger partial charge in [-0.15, -0.1) is 7.92 Å². The first kappa shape index (κ1) is 8.43. The molecule has 0 aromatic heterocycles. The molecule has 0 aliphatic heterocycles. The minimum atomic E-state index is 0.301. The molecule has 0 saturated carbocycles. The largest absolute Gasteiger partial charge is 0.105 e. The maximum absolute atomic E-state index is 2.38. The minimum Gasteiger partial charge on any atom is -0.105 e. The molecule has 0 saturated heterocycles. The molecule has 0 radical (unpaired) electrons. The first-order valence-corrected chi connectivity index (χ1v) is 5.20. The van der Waals surface area contributed by atoms with Gasteiger partial charge in [0.25, 0.3) is 0 Å². The van der Waals surface area contributed by atoms with E-state index in [-0.39, 0.29) is 0 Å². The van der Waals surface area contributed by atoms with Gasteiger partial charge in [0.15, 0.2) is 0 Å². The van der Waals surface area contributed by atoms with E-state index in [2.05, 4.69) is 34.4 Å². The van der Waals surface area contributed by atoms with Gasteiger partial charge in [-0.05, 0) is 18.0 Å². The molecule has 1 heteroatoms. The Morgan fingerprint density at radius 3 is 1.12 bits per heavy atom. The van der Waals surface area contributed by atoms with E-state index in [0.717, 1.165) is 11.3 Å². The lowest BCUT2D eigenvalue weighted by Gasteiger charge is -2.19. The Morgan fingerprint density at radius 1 is 0.875 bits per heavy atom. The molecule has 50 valence electrons. The zero-order valence-corrected chi connectivity index (χ0v) is 7.50. The summed E-state index contributed by atoms with van der Waals surface area (Å²) in [5.74, 6) is 0. The van der Waals surface area contributed by atoms with Crippen LogP contribution in [0.2, 0.25) is 0 Å². The lowest BCUT2D eigenvalue weighted by molar-refractivity contribution is 1.01. The van der Waals surface area contributed by atoms with Crippen LogP contribution in [0.5, 0.6) is 0 Å². The molecular weight excluding hydrogens is 115 g/mol. The monoisotopic (exact) mass is 132 g/mol. The highest BCUT2D eigenvalue weighted by molar-refractivity contribution is 7.58. The Bertz CT molecular complexity index is 49.4. The van der Waals surface area contributed by atoms with Crippen molar-refractivity contribution in [2.24, 2.45) is 0 Å². The van der Waals surface area contributed by atoms with Gasteiger partial charge >= 0.3 is 0 Å². The molecule has 0 fully saturated rings. The van der Waals surface area contributed by atoms with E-state index in [4.69, 9.17) is 0 Å². The number of hydrogen-bond acceptors (Lipinski definition) is 0. The van der Waals surface area contributed by atoms with Gasteiger partial charge in [0.1, 0.15) is 0 Å². The van der Waals surface area contributed by atoms with Crippen molar-refractivity contribution in [3.8, 4) is 0 Å². The van der Waals surface area contributed by atoms with Gasteiger partial charge in [-0.25, -0.2) is 0 Å². The molecule has 0 rings (SSSR count). The van der Waals surface area contributed by atoms with Crippen LogP contribution < -0.4 is 0 Å². The van der Waals surface area contributed by atoms with E-state index in [1.807, 2.05) is 0 Å². The van der Waals surface area contributed by atoms with Crippen LogP contribution in [-0.2, 0) is 0 Å². The highest BCUT2D eigenvalue weighted by Crippen LogP contribution is 2.41. The van der Waals surface area contributed by atoms with Gasteiger partial charge in [-0.2, -0.15) is 0 Å². The molecule has 8 heavy (non-hydrogen) atoms. The van der Waals surface area contributed by atoms with E-state index in [9.17, 15) is 0 Å². The molecule has 0 amide bonds. The van der Waals surface area contributed by atoms with Gasteiger partial charge in [-0.3, -0.25) is 0 Å². The van der Waals surface area contributed by atoms with Crippen molar-refractivity contribution in [2.75, 3.05) is 6.66 Å². The fourth-order valence-corrected chi connectivity index (χ4v) is 1.79. The summed E-state index contributed by atoms with van der Waals surface area (Å²) in [6.07, 6.45) is 0. The van der Waals surface area contributed by atoms with Gasteiger partial charge < -0.3 is 0 Å². The Kier molecular flexibility index (Phi) is 3.64. The minimum absolute atomic E-state index is 0.301. The molecule has 0 atom stereocenters. The first-order chi connectivity index (χ1) is 3.55. The third-order valence-electron chi connectivity index (χ3n) is 1.63. The summed E-state index contributed by atoms with van der Waals surface area (Å²) in [5.41, 5.74) is 1.81. The molecule has 0 heterocycles. The van der Waals surface area contributed by atoms with E-state index < -0.39 is 0 Å². The summed E-state index contributed by atoms with van der Waals surface area (Å²) in [6, 6.07) is 0. The third-order valence-corrected chi connectivity index (χ3v) is 4.89. The van der Waals surface area contributed by atoms with E-state index in [0.29, 0.717) is 7.92 Å². The fourth-order valence-electron chi connectivity index (χ4n) is 0.596. The molecule has 0 N–H and O–H groups in total. The second-order valence-corrected chi connectivity index (χ2v) is 6.25. The van der Waals surface area contributed by atoms with Crippen LogP contribution in [0.15, 0.2) is 0 Å². The van der Waals surface area contributed by atoms with Crippen LogP contribution in [0.25, 0.3) is 0 Å². The van der Waals surface area contributed by atoms with Crippen molar-refractivity contribution in [3.63, 3.8) is 0 Å². The maximum Gasteiger partial charge on any atom is -0.0266 e. The highest BCUT2D eigenvalue weighted by Gasteiger charge is 2.08. The summed E-state index contributed by atoms with van der Waals surface area (Å²) in [7, 11) is 0.301. The second-order valence-electron chi connectivity index (χ2n) is 2.85. The van der Waals surface area contributed by atoms with Crippen molar-refractivity contribution in [1.82, 2.24) is 0 Å². The van der Waals surface area contributed by atoms with Gasteiger partial charge in [0.05, 0.1) is 0 Å². The topological polar surface area (TPSA) is 0 Å². The van der Waals surface area contributed by atoms with E-state index in [1.54, 1.807) is 0 Å². The lowest BCUT2D eigenvalue weighted by Crippen LogP contribution is -2.00. The normalized spacial score (nSPS) is 12.0. The van der Waals surface area contributed by atoms with Crippen LogP contribution in [-0.4, -0.2) is 18.0 Å². The fraction of sp³-hybridized carbons (Fsp3) is 1.00. The number of hydrogen-bond donors (Lipinski definition) is 0. The van der Waals surface area contributed by atoms with Crippen molar-refractivity contribution in [3.05, 3.63) is 0 Å². The predicted molar refractivity (Wildman–Crippen MR) is 43.1 cm³/mol. The van der Waals surface area contributed by atoms with Gasteiger partial charge in [0.2, 0.25) is 0 Å². The van der Waals surface area contributed by atoms with Crippen molar-refractivity contribution < 1.29 is 0 Å². The van der Waals surface area contributed by atoms with Crippen molar-refractivity contribution in [2.45, 2.75) is 39.0 Å². The van der Waals surface area contributed by atoms with Crippen LogP contribution in [0.4, 0.5) is 0 Å². The van der Waals surface area contributed by atoms with E-state index in [1.165, 1.54) is 0 Å². The SMILES string of the molecule is CC(C)P(C)C(C)C. The Balaban J connectivity index is 3.46. The van der Waals surface area contributed by atoms with Crippen molar-refractivity contribution in [1.29, 1.82) is 0 Å². The molecular formula is C7H17P. The lowest BCUT2D eigenvalue weighted by atomic mass is 10.5. The average molecular weight is 132 g/mol. The summed E-state index contributed by atoms with van der Waals surface area (Å²) >= 11 is 0. The van der Waals surface area contributed by atoms with Crippen LogP contribution >= 0.6 is 7.92 Å². The molecule has 0 bridgehead atoms. The van der Waals surface area contributed by atoms with Gasteiger partial charge in [-0.1, -0.05) is 27.7 Å². The molecule has 0 aromatic carbocycles. The smallest absolute Gasteiger partial charge is 0.0266 e. The summed E-state index contributed by atoms with van der Waals surface area (Å²) in [5, 5.41) is 0. The van der Waals surface area contributed by atoms with Crippen LogP contribution in [0.1, 0.15) is 27.7 Å². The quantitative estimate of drug-likeness (QED) is 0.507. The number of rotatable bonds is 2. The van der Waals surface area contributed by atoms with Crippen LogP contribution in [0, 0.1) is 0 Å². The van der Waals surface area contributed by atoms with E-state index >= 15 is 0 Å². The summed E-state index contributed by atoms with van der Waals surface area (Å²) in [6.45, 7) is 11.6. The molecule has 0 unspecified atom stereocenters. The standard InChI is InChI=1S/C7H17P/c1-6(2)8(5)7(3)4/h6-7H,1-5H3. The van der Waals surface area contributed by atoms with Crippen LogP contribution in [0.3, 0.4) is 0 Å². The summed E-state index contributed by atoms with van der Waals surface area (Å²) < 4.78 is 0. The van der Waals surface area contributed by atoms with Gasteiger partial charge in [0, 0.05) is 0 Å². The molecule has 0 aromatic rings. The van der Waals surface area contributed by atoms with Crippen molar-refractivity contribution >= 4 is 7.92 Å². The zero-order chi connectivity index (χ0) is 6.73. The molecule has 0 nitrogen and oxygen atoms in total. The highest BCUT2D eigenvalue weighted by atomic mass is 31.1. The first-order valence-electron chi connectivity index (χ1n) is 3.27. The summed E-state index contributed by atoms with van der Waals surface area (Å²) in [4.78, 5) is 0. The maximum atomic E-state index is 2.38. The Labute approximate surface area is 54.4 Å². The molecule has 0 spiro atoms. The second kappa shape index (κ2) is 3.45.